The lowest BCUT2D eigenvalue weighted by atomic mass is 10.1. The van der Waals surface area contributed by atoms with E-state index in [2.05, 4.69) is 18.2 Å². The minimum Gasteiger partial charge on any atom is -0.378 e. The third-order valence-corrected chi connectivity index (χ3v) is 3.13. The van der Waals surface area contributed by atoms with Crippen LogP contribution in [0.1, 0.15) is 24.1 Å². The van der Waals surface area contributed by atoms with Gasteiger partial charge < -0.3 is 5.32 Å². The van der Waals surface area contributed by atoms with Crippen LogP contribution >= 0.6 is 11.6 Å². The molecule has 0 fully saturated rings. The van der Waals surface area contributed by atoms with Crippen molar-refractivity contribution >= 4 is 17.3 Å². The van der Waals surface area contributed by atoms with Crippen LogP contribution in [-0.2, 0) is 0 Å². The summed E-state index contributed by atoms with van der Waals surface area (Å²) in [4.78, 5) is 0. The molecule has 0 radical (unpaired) electrons. The average Bonchev–Trinajstić information content (AvgIpc) is 2.39. The first-order chi connectivity index (χ1) is 8.70. The van der Waals surface area contributed by atoms with Crippen LogP contribution in [0, 0.1) is 12.3 Å². The van der Waals surface area contributed by atoms with Gasteiger partial charge in [-0.3, -0.25) is 0 Å². The molecule has 2 aromatic carbocycles. The van der Waals surface area contributed by atoms with Gasteiger partial charge in [0.1, 0.15) is 0 Å². The van der Waals surface area contributed by atoms with Gasteiger partial charge in [0.05, 0.1) is 0 Å². The van der Waals surface area contributed by atoms with E-state index in [0.29, 0.717) is 0 Å². The Labute approximate surface area is 113 Å². The zero-order valence-electron chi connectivity index (χ0n) is 10.2. The van der Waals surface area contributed by atoms with Gasteiger partial charge in [-0.15, -0.1) is 6.42 Å². The molecule has 1 atom stereocenters. The summed E-state index contributed by atoms with van der Waals surface area (Å²) in [5, 5.41) is 4.16. The first-order valence-corrected chi connectivity index (χ1v) is 6.16. The highest BCUT2D eigenvalue weighted by atomic mass is 35.5. The summed E-state index contributed by atoms with van der Waals surface area (Å²) < 4.78 is 0. The number of anilines is 1. The van der Waals surface area contributed by atoms with Gasteiger partial charge in [0, 0.05) is 22.3 Å². The van der Waals surface area contributed by atoms with Gasteiger partial charge in [0.25, 0.3) is 0 Å². The lowest BCUT2D eigenvalue weighted by Crippen LogP contribution is -2.07. The summed E-state index contributed by atoms with van der Waals surface area (Å²) in [5.41, 5.74) is 2.94. The number of terminal acetylenes is 1. The number of hydrogen-bond acceptors (Lipinski definition) is 1. The number of benzene rings is 2. The zero-order chi connectivity index (χ0) is 13.0. The van der Waals surface area contributed by atoms with E-state index < -0.39 is 0 Å². The summed E-state index contributed by atoms with van der Waals surface area (Å²) >= 11 is 6.17. The molecule has 1 unspecified atom stereocenters. The second-order valence-corrected chi connectivity index (χ2v) is 4.52. The van der Waals surface area contributed by atoms with E-state index >= 15 is 0 Å². The number of halogens is 1. The van der Waals surface area contributed by atoms with Crippen LogP contribution in [0.3, 0.4) is 0 Å². The Morgan fingerprint density at radius 1 is 1.17 bits per heavy atom. The van der Waals surface area contributed by atoms with E-state index in [1.165, 1.54) is 0 Å². The fraction of sp³-hybridized carbons (Fsp3) is 0.125. The molecule has 0 amide bonds. The minimum absolute atomic E-state index is 0.131. The molecule has 90 valence electrons. The van der Waals surface area contributed by atoms with Crippen molar-refractivity contribution in [2.45, 2.75) is 13.0 Å². The molecule has 0 aromatic heterocycles. The van der Waals surface area contributed by atoms with Crippen molar-refractivity contribution in [3.05, 3.63) is 64.7 Å². The number of hydrogen-bond donors (Lipinski definition) is 1. The summed E-state index contributed by atoms with van der Waals surface area (Å²) in [6.45, 7) is 2.07. The third-order valence-electron chi connectivity index (χ3n) is 2.78. The molecule has 0 saturated heterocycles. The quantitative estimate of drug-likeness (QED) is 0.797. The predicted octanol–water partition coefficient (Wildman–Crippen LogP) is 4.49. The van der Waals surface area contributed by atoms with Crippen LogP contribution in [0.4, 0.5) is 5.69 Å². The molecule has 1 N–H and O–H groups in total. The first kappa shape index (κ1) is 12.5. The third kappa shape index (κ3) is 2.85. The van der Waals surface area contributed by atoms with Crippen molar-refractivity contribution in [2.75, 3.05) is 5.32 Å². The van der Waals surface area contributed by atoms with E-state index in [1.807, 2.05) is 48.5 Å². The van der Waals surface area contributed by atoms with Crippen molar-refractivity contribution in [2.24, 2.45) is 0 Å². The Bertz CT molecular complexity index is 584. The molecule has 0 aliphatic heterocycles. The largest absolute Gasteiger partial charge is 0.378 e. The van der Waals surface area contributed by atoms with Crippen molar-refractivity contribution < 1.29 is 0 Å². The lowest BCUT2D eigenvalue weighted by molar-refractivity contribution is 0.885. The molecule has 0 aliphatic carbocycles. The molecule has 18 heavy (non-hydrogen) atoms. The Morgan fingerprint density at radius 3 is 2.67 bits per heavy atom. The minimum atomic E-state index is 0.131. The summed E-state index contributed by atoms with van der Waals surface area (Å²) in [5.74, 6) is 2.63. The van der Waals surface area contributed by atoms with Gasteiger partial charge >= 0.3 is 0 Å². The molecule has 2 aromatic rings. The molecule has 0 spiro atoms. The molecule has 0 aliphatic rings. The maximum Gasteiger partial charge on any atom is 0.0500 e. The van der Waals surface area contributed by atoms with Crippen LogP contribution in [0.15, 0.2) is 48.5 Å². The molecule has 0 bridgehead atoms. The normalized spacial score (nSPS) is 11.6. The maximum absolute atomic E-state index is 6.17. The predicted molar refractivity (Wildman–Crippen MR) is 77.9 cm³/mol. The summed E-state index contributed by atoms with van der Waals surface area (Å²) in [6.07, 6.45) is 5.39. The van der Waals surface area contributed by atoms with E-state index in [9.17, 15) is 0 Å². The molecule has 1 nitrogen and oxygen atoms in total. The van der Waals surface area contributed by atoms with E-state index in [1.54, 1.807) is 0 Å². The lowest BCUT2D eigenvalue weighted by Gasteiger charge is -2.17. The van der Waals surface area contributed by atoms with Crippen LogP contribution in [0.2, 0.25) is 5.02 Å². The van der Waals surface area contributed by atoms with Crippen LogP contribution < -0.4 is 5.32 Å². The van der Waals surface area contributed by atoms with Crippen LogP contribution in [0.25, 0.3) is 0 Å². The van der Waals surface area contributed by atoms with Crippen molar-refractivity contribution in [1.82, 2.24) is 0 Å². The smallest absolute Gasteiger partial charge is 0.0500 e. The highest BCUT2D eigenvalue weighted by Crippen LogP contribution is 2.25. The SMILES string of the molecule is C#Cc1cccc(NC(C)c2ccccc2Cl)c1. The van der Waals surface area contributed by atoms with Gasteiger partial charge in [-0.25, -0.2) is 0 Å². The second-order valence-electron chi connectivity index (χ2n) is 4.11. The number of rotatable bonds is 3. The summed E-state index contributed by atoms with van der Waals surface area (Å²) in [7, 11) is 0. The van der Waals surface area contributed by atoms with E-state index in [4.69, 9.17) is 18.0 Å². The second kappa shape index (κ2) is 5.62. The Morgan fingerprint density at radius 2 is 1.94 bits per heavy atom. The van der Waals surface area contributed by atoms with Crippen LogP contribution in [0.5, 0.6) is 0 Å². The molecule has 0 heterocycles. The fourth-order valence-corrected chi connectivity index (χ4v) is 2.15. The highest BCUT2D eigenvalue weighted by molar-refractivity contribution is 6.31. The first-order valence-electron chi connectivity index (χ1n) is 5.78. The standard InChI is InChI=1S/C16H14ClN/c1-3-13-7-6-8-14(11-13)18-12(2)15-9-4-5-10-16(15)17/h1,4-12,18H,2H3. The Hall–Kier alpha value is -1.91. The summed E-state index contributed by atoms with van der Waals surface area (Å²) in [6, 6.07) is 15.8. The van der Waals surface area contributed by atoms with E-state index in [0.717, 1.165) is 21.8 Å². The molecule has 0 saturated carbocycles. The molecule has 2 heteroatoms. The van der Waals surface area contributed by atoms with Gasteiger partial charge in [0.15, 0.2) is 0 Å². The zero-order valence-corrected chi connectivity index (χ0v) is 10.9. The number of nitrogens with one attached hydrogen (secondary N) is 1. The average molecular weight is 256 g/mol. The highest BCUT2D eigenvalue weighted by Gasteiger charge is 2.08. The maximum atomic E-state index is 6.17. The van der Waals surface area contributed by atoms with Gasteiger partial charge in [0.2, 0.25) is 0 Å². The van der Waals surface area contributed by atoms with Crippen molar-refractivity contribution in [1.29, 1.82) is 0 Å². The van der Waals surface area contributed by atoms with Crippen molar-refractivity contribution in [3.63, 3.8) is 0 Å². The monoisotopic (exact) mass is 255 g/mol. The van der Waals surface area contributed by atoms with Gasteiger partial charge in [-0.05, 0) is 36.8 Å². The van der Waals surface area contributed by atoms with Crippen LogP contribution in [-0.4, -0.2) is 0 Å². The molecular weight excluding hydrogens is 242 g/mol. The fourth-order valence-electron chi connectivity index (χ4n) is 1.85. The Balaban J connectivity index is 2.19. The van der Waals surface area contributed by atoms with Gasteiger partial charge in [-0.2, -0.15) is 0 Å². The van der Waals surface area contributed by atoms with Gasteiger partial charge in [-0.1, -0.05) is 41.8 Å². The van der Waals surface area contributed by atoms with Crippen molar-refractivity contribution in [3.8, 4) is 12.3 Å². The molecule has 2 rings (SSSR count). The topological polar surface area (TPSA) is 12.0 Å². The molecular formula is C16H14ClN. The Kier molecular flexibility index (Phi) is 3.92. The van der Waals surface area contributed by atoms with E-state index in [-0.39, 0.29) is 6.04 Å².